The summed E-state index contributed by atoms with van der Waals surface area (Å²) in [5.74, 6) is 0. The molecular weight excluding hydrogens is 107 g/mol. The number of ether oxygens (including phenoxy) is 1. The fraction of sp³-hybridized carbons (Fsp3) is 0.667. The summed E-state index contributed by atoms with van der Waals surface area (Å²) in [7, 11) is 0. The van der Waals surface area contributed by atoms with E-state index in [9.17, 15) is 4.39 Å². The minimum Gasteiger partial charge on any atom is -0.372 e. The lowest BCUT2D eigenvalue weighted by molar-refractivity contribution is 0.0855. The quantitative estimate of drug-likeness (QED) is 0.509. The van der Waals surface area contributed by atoms with Gasteiger partial charge in [-0.1, -0.05) is 6.08 Å². The Hall–Kier alpha value is -0.370. The van der Waals surface area contributed by atoms with Gasteiger partial charge in [-0.05, 0) is 6.92 Å². The van der Waals surface area contributed by atoms with Crippen molar-refractivity contribution in [2.45, 2.75) is 13.0 Å². The Morgan fingerprint density at radius 1 is 1.88 bits per heavy atom. The first-order valence-electron chi connectivity index (χ1n) is 2.61. The maximum atomic E-state index is 11.3. The third-order valence-electron chi connectivity index (χ3n) is 0.790. The largest absolute Gasteiger partial charge is 0.372 e. The number of halogens is 1. The van der Waals surface area contributed by atoms with Gasteiger partial charge in [-0.3, -0.25) is 0 Å². The molecule has 0 saturated carbocycles. The molecule has 0 fully saturated rings. The van der Waals surface area contributed by atoms with Crippen LogP contribution in [0.4, 0.5) is 4.39 Å². The Morgan fingerprint density at radius 3 is 2.88 bits per heavy atom. The van der Waals surface area contributed by atoms with Crippen LogP contribution < -0.4 is 0 Å². The van der Waals surface area contributed by atoms with E-state index in [1.165, 1.54) is 0 Å². The third kappa shape index (κ3) is 3.81. The van der Waals surface area contributed by atoms with Crippen LogP contribution in [-0.2, 0) is 4.74 Å². The van der Waals surface area contributed by atoms with E-state index in [-0.39, 0.29) is 12.7 Å². The SMILES string of the molecule is C=CC(C)OCCF. The first-order valence-corrected chi connectivity index (χ1v) is 2.61. The van der Waals surface area contributed by atoms with Gasteiger partial charge in [0.2, 0.25) is 0 Å². The van der Waals surface area contributed by atoms with Crippen LogP contribution in [0.25, 0.3) is 0 Å². The van der Waals surface area contributed by atoms with E-state index in [0.29, 0.717) is 0 Å². The smallest absolute Gasteiger partial charge is 0.113 e. The van der Waals surface area contributed by atoms with Crippen molar-refractivity contribution in [2.75, 3.05) is 13.3 Å². The highest BCUT2D eigenvalue weighted by atomic mass is 19.1. The van der Waals surface area contributed by atoms with Crippen LogP contribution in [0.1, 0.15) is 6.92 Å². The van der Waals surface area contributed by atoms with Gasteiger partial charge in [0.05, 0.1) is 12.7 Å². The molecule has 1 unspecified atom stereocenters. The third-order valence-corrected chi connectivity index (χ3v) is 0.790. The van der Waals surface area contributed by atoms with Crippen LogP contribution >= 0.6 is 0 Å². The van der Waals surface area contributed by atoms with E-state index < -0.39 is 6.67 Å². The summed E-state index contributed by atoms with van der Waals surface area (Å²) >= 11 is 0. The molecule has 0 spiro atoms. The van der Waals surface area contributed by atoms with Gasteiger partial charge in [0.25, 0.3) is 0 Å². The fourth-order valence-corrected chi connectivity index (χ4v) is 0.298. The number of hydrogen-bond donors (Lipinski definition) is 0. The molecule has 1 atom stereocenters. The van der Waals surface area contributed by atoms with Gasteiger partial charge in [0, 0.05) is 0 Å². The molecule has 0 aromatic carbocycles. The number of rotatable bonds is 4. The minimum atomic E-state index is -0.418. The zero-order chi connectivity index (χ0) is 6.41. The van der Waals surface area contributed by atoms with Crippen molar-refractivity contribution >= 4 is 0 Å². The standard InChI is InChI=1S/C6H11FO/c1-3-6(2)8-5-4-7/h3,6H,1,4-5H2,2H3. The normalized spacial score (nSPS) is 13.2. The molecule has 0 radical (unpaired) electrons. The van der Waals surface area contributed by atoms with E-state index in [1.807, 2.05) is 6.92 Å². The lowest BCUT2D eigenvalue weighted by Crippen LogP contribution is -2.05. The molecule has 0 amide bonds. The Balaban J connectivity index is 2.98. The molecule has 0 aromatic rings. The lowest BCUT2D eigenvalue weighted by atomic mass is 10.4. The summed E-state index contributed by atoms with van der Waals surface area (Å²) in [6.07, 6.45) is 1.61. The monoisotopic (exact) mass is 118 g/mol. The Labute approximate surface area is 49.2 Å². The molecule has 0 heterocycles. The average Bonchev–Trinajstić information content (AvgIpc) is 1.83. The second kappa shape index (κ2) is 4.78. The number of hydrogen-bond acceptors (Lipinski definition) is 1. The predicted octanol–water partition coefficient (Wildman–Crippen LogP) is 1.55. The van der Waals surface area contributed by atoms with Crippen molar-refractivity contribution in [1.82, 2.24) is 0 Å². The summed E-state index contributed by atoms with van der Waals surface area (Å²) in [4.78, 5) is 0. The minimum absolute atomic E-state index is 0.0225. The van der Waals surface area contributed by atoms with E-state index in [1.54, 1.807) is 6.08 Å². The summed E-state index contributed by atoms with van der Waals surface area (Å²) in [6, 6.07) is 0. The van der Waals surface area contributed by atoms with Crippen molar-refractivity contribution in [3.8, 4) is 0 Å². The molecule has 0 rings (SSSR count). The summed E-state index contributed by atoms with van der Waals surface area (Å²) in [5, 5.41) is 0. The Morgan fingerprint density at radius 2 is 2.50 bits per heavy atom. The van der Waals surface area contributed by atoms with Gasteiger partial charge in [-0.15, -0.1) is 6.58 Å². The molecular formula is C6H11FO. The molecule has 1 nitrogen and oxygen atoms in total. The second-order valence-corrected chi connectivity index (χ2v) is 1.50. The van der Waals surface area contributed by atoms with E-state index >= 15 is 0 Å². The molecule has 2 heteroatoms. The highest BCUT2D eigenvalue weighted by Crippen LogP contribution is 1.89. The molecule has 0 aliphatic carbocycles. The van der Waals surface area contributed by atoms with Gasteiger partial charge in [-0.2, -0.15) is 0 Å². The van der Waals surface area contributed by atoms with Gasteiger partial charge in [0.15, 0.2) is 0 Å². The van der Waals surface area contributed by atoms with Crippen LogP contribution in [0.5, 0.6) is 0 Å². The second-order valence-electron chi connectivity index (χ2n) is 1.50. The zero-order valence-electron chi connectivity index (χ0n) is 5.06. The summed E-state index contributed by atoms with van der Waals surface area (Å²) in [5.41, 5.74) is 0. The molecule has 0 aliphatic heterocycles. The molecule has 48 valence electrons. The maximum absolute atomic E-state index is 11.3. The van der Waals surface area contributed by atoms with E-state index in [4.69, 9.17) is 4.74 Å². The Kier molecular flexibility index (Phi) is 4.56. The molecule has 0 aromatic heterocycles. The number of alkyl halides is 1. The van der Waals surface area contributed by atoms with Crippen LogP contribution in [-0.4, -0.2) is 19.4 Å². The molecule has 0 aliphatic rings. The van der Waals surface area contributed by atoms with Crippen molar-refractivity contribution in [1.29, 1.82) is 0 Å². The van der Waals surface area contributed by atoms with Gasteiger partial charge < -0.3 is 4.74 Å². The van der Waals surface area contributed by atoms with Crippen molar-refractivity contribution < 1.29 is 9.13 Å². The molecule has 0 saturated heterocycles. The van der Waals surface area contributed by atoms with Crippen molar-refractivity contribution in [2.24, 2.45) is 0 Å². The summed E-state index contributed by atoms with van der Waals surface area (Å²) < 4.78 is 16.2. The highest BCUT2D eigenvalue weighted by Gasteiger charge is 1.91. The van der Waals surface area contributed by atoms with Crippen LogP contribution in [0.15, 0.2) is 12.7 Å². The average molecular weight is 118 g/mol. The fourth-order valence-electron chi connectivity index (χ4n) is 0.298. The van der Waals surface area contributed by atoms with Crippen LogP contribution in [0.3, 0.4) is 0 Å². The van der Waals surface area contributed by atoms with Crippen molar-refractivity contribution in [3.05, 3.63) is 12.7 Å². The van der Waals surface area contributed by atoms with Crippen molar-refractivity contribution in [3.63, 3.8) is 0 Å². The maximum Gasteiger partial charge on any atom is 0.113 e. The van der Waals surface area contributed by atoms with Gasteiger partial charge >= 0.3 is 0 Å². The Bertz CT molecular complexity index is 63.5. The summed E-state index contributed by atoms with van der Waals surface area (Å²) in [6.45, 7) is 5.04. The van der Waals surface area contributed by atoms with Crippen LogP contribution in [0, 0.1) is 0 Å². The van der Waals surface area contributed by atoms with E-state index in [0.717, 1.165) is 0 Å². The van der Waals surface area contributed by atoms with Gasteiger partial charge in [-0.25, -0.2) is 4.39 Å². The zero-order valence-corrected chi connectivity index (χ0v) is 5.06. The highest BCUT2D eigenvalue weighted by molar-refractivity contribution is 4.74. The first-order chi connectivity index (χ1) is 3.81. The van der Waals surface area contributed by atoms with Gasteiger partial charge in [0.1, 0.15) is 6.67 Å². The molecule has 0 N–H and O–H groups in total. The molecule has 8 heavy (non-hydrogen) atoms. The van der Waals surface area contributed by atoms with E-state index in [2.05, 4.69) is 6.58 Å². The molecule has 0 bridgehead atoms. The topological polar surface area (TPSA) is 9.23 Å². The predicted molar refractivity (Wildman–Crippen MR) is 31.6 cm³/mol. The first kappa shape index (κ1) is 7.63. The lowest BCUT2D eigenvalue weighted by Gasteiger charge is -2.03. The van der Waals surface area contributed by atoms with Crippen LogP contribution in [0.2, 0.25) is 0 Å².